The quantitative estimate of drug-likeness (QED) is 0.683. The third-order valence-corrected chi connectivity index (χ3v) is 8.28. The van der Waals surface area contributed by atoms with Crippen molar-refractivity contribution in [2.45, 2.75) is 62.8 Å². The van der Waals surface area contributed by atoms with E-state index in [-0.39, 0.29) is 5.54 Å². The molecule has 0 aromatic heterocycles. The number of rotatable bonds is 4. The average molecular weight is 368 g/mol. The molecule has 1 aromatic carbocycles. The van der Waals surface area contributed by atoms with Gasteiger partial charge in [0, 0.05) is 10.6 Å². The summed E-state index contributed by atoms with van der Waals surface area (Å²) in [6.45, 7) is 3.31. The number of halogens is 1. The minimum atomic E-state index is 0.145. The van der Waals surface area contributed by atoms with Gasteiger partial charge >= 0.3 is 0 Å². The fourth-order valence-electron chi connectivity index (χ4n) is 7.57. The number of benzene rings is 1. The van der Waals surface area contributed by atoms with Crippen molar-refractivity contribution < 1.29 is 0 Å². The van der Waals surface area contributed by atoms with Gasteiger partial charge in [0.25, 0.3) is 0 Å². The topological polar surface area (TPSA) is 12.0 Å². The Balaban J connectivity index is 1.59. The van der Waals surface area contributed by atoms with Crippen LogP contribution in [0.2, 0.25) is 5.02 Å². The Labute approximate surface area is 162 Å². The largest absolute Gasteiger partial charge is 0.307 e. The van der Waals surface area contributed by atoms with E-state index >= 15 is 0 Å². The molecular weight excluding hydrogens is 338 g/mol. The Hall–Kier alpha value is -1.05. The molecule has 6 rings (SSSR count). The molecule has 3 atom stereocenters. The molecule has 4 fully saturated rings. The van der Waals surface area contributed by atoms with Crippen LogP contribution in [0.25, 0.3) is 0 Å². The summed E-state index contributed by atoms with van der Waals surface area (Å²) in [7, 11) is 0. The molecule has 5 aliphatic carbocycles. The van der Waals surface area contributed by atoms with E-state index in [1.54, 1.807) is 5.56 Å². The first-order valence-corrected chi connectivity index (χ1v) is 10.8. The molecule has 26 heavy (non-hydrogen) atoms. The molecule has 1 nitrogen and oxygen atoms in total. The maximum absolute atomic E-state index is 6.21. The van der Waals surface area contributed by atoms with Gasteiger partial charge in [-0.3, -0.25) is 0 Å². The summed E-state index contributed by atoms with van der Waals surface area (Å²) < 4.78 is 0. The van der Waals surface area contributed by atoms with Crippen LogP contribution in [0.3, 0.4) is 0 Å². The van der Waals surface area contributed by atoms with Crippen molar-refractivity contribution in [1.82, 2.24) is 5.32 Å². The van der Waals surface area contributed by atoms with E-state index in [4.69, 9.17) is 11.6 Å². The zero-order valence-corrected chi connectivity index (χ0v) is 16.6. The molecule has 0 aliphatic heterocycles. The maximum atomic E-state index is 6.21. The summed E-state index contributed by atoms with van der Waals surface area (Å²) in [5, 5.41) is 4.83. The third kappa shape index (κ3) is 2.39. The second-order valence-electron chi connectivity index (χ2n) is 9.52. The minimum Gasteiger partial charge on any atom is -0.307 e. The van der Waals surface area contributed by atoms with Gasteiger partial charge in [-0.25, -0.2) is 0 Å². The number of allylic oxidation sites excluding steroid dienone is 2. The van der Waals surface area contributed by atoms with Gasteiger partial charge in [-0.15, -0.1) is 0 Å². The predicted octanol–water partition coefficient (Wildman–Crippen LogP) is 6.04. The van der Waals surface area contributed by atoms with Crippen LogP contribution >= 0.6 is 11.6 Å². The predicted molar refractivity (Wildman–Crippen MR) is 110 cm³/mol. The van der Waals surface area contributed by atoms with Crippen LogP contribution in [0.4, 0.5) is 0 Å². The highest BCUT2D eigenvalue weighted by molar-refractivity contribution is 6.30. The number of hydrogen-bond donors (Lipinski definition) is 1. The van der Waals surface area contributed by atoms with E-state index in [1.807, 2.05) is 0 Å². The van der Waals surface area contributed by atoms with Crippen LogP contribution in [0.1, 0.15) is 57.4 Å². The fraction of sp³-hybridized carbons (Fsp3) is 0.583. The summed E-state index contributed by atoms with van der Waals surface area (Å²) in [6, 6.07) is 8.84. The van der Waals surface area contributed by atoms with E-state index in [2.05, 4.69) is 60.8 Å². The van der Waals surface area contributed by atoms with Crippen molar-refractivity contribution in [1.29, 1.82) is 0 Å². The zero-order chi connectivity index (χ0) is 17.8. The normalized spacial score (nSPS) is 43.2. The van der Waals surface area contributed by atoms with Gasteiger partial charge in [-0.2, -0.15) is 0 Å². The molecular formula is C24H30ClN. The molecule has 0 radical (unpaired) electrons. The zero-order valence-electron chi connectivity index (χ0n) is 15.8. The summed E-state index contributed by atoms with van der Waals surface area (Å²) in [5.74, 6) is 1.78. The number of hydrogen-bond acceptors (Lipinski definition) is 1. The van der Waals surface area contributed by atoms with E-state index in [9.17, 15) is 0 Å². The van der Waals surface area contributed by atoms with Crippen LogP contribution in [-0.4, -0.2) is 12.1 Å². The van der Waals surface area contributed by atoms with Gasteiger partial charge in [0.2, 0.25) is 0 Å². The summed E-state index contributed by atoms with van der Waals surface area (Å²) in [4.78, 5) is 0. The van der Waals surface area contributed by atoms with Gasteiger partial charge < -0.3 is 5.32 Å². The molecule has 0 heterocycles. The van der Waals surface area contributed by atoms with Gasteiger partial charge in [0.05, 0.1) is 0 Å². The van der Waals surface area contributed by atoms with Crippen LogP contribution < -0.4 is 5.32 Å². The highest BCUT2D eigenvalue weighted by Crippen LogP contribution is 2.69. The minimum absolute atomic E-state index is 0.145. The Kier molecular flexibility index (Phi) is 3.92. The summed E-state index contributed by atoms with van der Waals surface area (Å²) >= 11 is 6.21. The molecule has 1 aromatic rings. The fourth-order valence-corrected chi connectivity index (χ4v) is 7.70. The van der Waals surface area contributed by atoms with Crippen LogP contribution in [0.5, 0.6) is 0 Å². The molecule has 0 saturated heterocycles. The molecule has 0 spiro atoms. The Morgan fingerprint density at radius 3 is 2.38 bits per heavy atom. The Morgan fingerprint density at radius 2 is 1.77 bits per heavy atom. The van der Waals surface area contributed by atoms with Gasteiger partial charge in [-0.1, -0.05) is 55.0 Å². The van der Waals surface area contributed by atoms with E-state index in [1.165, 1.54) is 38.5 Å². The van der Waals surface area contributed by atoms with Crippen molar-refractivity contribution >= 4 is 11.6 Å². The van der Waals surface area contributed by atoms with Crippen molar-refractivity contribution in [3.63, 3.8) is 0 Å². The number of likely N-dealkylation sites (N-methyl/N-ethyl adjacent to an activating group) is 1. The molecule has 4 bridgehead atoms. The van der Waals surface area contributed by atoms with Gasteiger partial charge in [0.1, 0.15) is 0 Å². The molecule has 0 amide bonds. The molecule has 1 N–H and O–H groups in total. The van der Waals surface area contributed by atoms with Gasteiger partial charge in [0.15, 0.2) is 0 Å². The third-order valence-electron chi connectivity index (χ3n) is 8.02. The lowest BCUT2D eigenvalue weighted by molar-refractivity contribution is -0.110. The van der Waals surface area contributed by atoms with Crippen LogP contribution in [-0.2, 0) is 5.41 Å². The number of nitrogens with one attached hydrogen (secondary N) is 1. The molecule has 4 saturated carbocycles. The molecule has 3 unspecified atom stereocenters. The summed E-state index contributed by atoms with van der Waals surface area (Å²) in [6.07, 6.45) is 18.9. The van der Waals surface area contributed by atoms with Crippen molar-refractivity contribution in [2.24, 2.45) is 17.3 Å². The van der Waals surface area contributed by atoms with E-state index in [0.717, 1.165) is 29.8 Å². The SMILES string of the molecule is CCNC1(C23CC4CC(CC(c5ccc(Cl)cc5)(C4)C2)C3)C=CC=CC1. The van der Waals surface area contributed by atoms with Crippen LogP contribution in [0, 0.1) is 17.3 Å². The van der Waals surface area contributed by atoms with E-state index in [0.29, 0.717) is 10.8 Å². The summed E-state index contributed by atoms with van der Waals surface area (Å²) in [5.41, 5.74) is 2.45. The Morgan fingerprint density at radius 1 is 1.04 bits per heavy atom. The van der Waals surface area contributed by atoms with Crippen molar-refractivity contribution in [3.8, 4) is 0 Å². The first-order chi connectivity index (χ1) is 12.6. The average Bonchev–Trinajstić information content (AvgIpc) is 2.62. The van der Waals surface area contributed by atoms with Crippen LogP contribution in [0.15, 0.2) is 48.6 Å². The first kappa shape index (κ1) is 17.1. The molecule has 5 aliphatic rings. The maximum Gasteiger partial charge on any atom is 0.0459 e. The second kappa shape index (κ2) is 5.97. The molecule has 2 heteroatoms. The lowest BCUT2D eigenvalue weighted by Crippen LogP contribution is -2.66. The second-order valence-corrected chi connectivity index (χ2v) is 9.96. The monoisotopic (exact) mass is 367 g/mol. The lowest BCUT2D eigenvalue weighted by Gasteiger charge is -2.67. The van der Waals surface area contributed by atoms with Crippen molar-refractivity contribution in [2.75, 3.05) is 6.54 Å². The van der Waals surface area contributed by atoms with E-state index < -0.39 is 0 Å². The van der Waals surface area contributed by atoms with Crippen molar-refractivity contribution in [3.05, 3.63) is 59.2 Å². The Bertz CT molecular complexity index is 732. The van der Waals surface area contributed by atoms with Gasteiger partial charge in [-0.05, 0) is 91.9 Å². The standard InChI is InChI=1S/C24H30ClN/c1-2-26-24(10-4-3-5-11-24)23-15-18-12-19(16-23)14-22(13-18,17-23)20-6-8-21(25)9-7-20/h3-10,18-19,26H,2,11-17H2,1H3. The molecule has 138 valence electrons. The smallest absolute Gasteiger partial charge is 0.0459 e. The first-order valence-electron chi connectivity index (χ1n) is 10.4. The highest BCUT2D eigenvalue weighted by Gasteiger charge is 2.63. The lowest BCUT2D eigenvalue weighted by atomic mass is 9.38. The highest BCUT2D eigenvalue weighted by atomic mass is 35.5.